The summed E-state index contributed by atoms with van der Waals surface area (Å²) in [6.07, 6.45) is 1.58. The molecular weight excluding hydrogens is 262 g/mol. The standard InChI is InChI=1S/C9H12BrN3O2/c10-5-7-6-15-4-3-13(7)9(14)8-1-2-11-12-8/h1-2,7H,3-6H2,(H,11,12). The van der Waals surface area contributed by atoms with Gasteiger partial charge in [-0.3, -0.25) is 9.89 Å². The van der Waals surface area contributed by atoms with Crippen LogP contribution >= 0.6 is 15.9 Å². The Bertz CT molecular complexity index is 328. The maximum Gasteiger partial charge on any atom is 0.272 e. The Hall–Kier alpha value is -0.880. The third-order valence-corrected chi connectivity index (χ3v) is 3.15. The van der Waals surface area contributed by atoms with Crippen LogP contribution in [0, 0.1) is 0 Å². The summed E-state index contributed by atoms with van der Waals surface area (Å²) in [6.45, 7) is 1.82. The Labute approximate surface area is 95.9 Å². The van der Waals surface area contributed by atoms with E-state index in [1.807, 2.05) is 4.90 Å². The number of morpholine rings is 1. The van der Waals surface area contributed by atoms with Crippen molar-refractivity contribution in [2.75, 3.05) is 25.1 Å². The van der Waals surface area contributed by atoms with Gasteiger partial charge in [0.1, 0.15) is 5.69 Å². The minimum absolute atomic E-state index is 0.0137. The van der Waals surface area contributed by atoms with Gasteiger partial charge in [0.2, 0.25) is 0 Å². The molecule has 6 heteroatoms. The van der Waals surface area contributed by atoms with Crippen LogP contribution in [-0.2, 0) is 4.74 Å². The summed E-state index contributed by atoms with van der Waals surface area (Å²) in [6, 6.07) is 1.79. The summed E-state index contributed by atoms with van der Waals surface area (Å²) in [5, 5.41) is 7.18. The normalized spacial score (nSPS) is 21.7. The zero-order chi connectivity index (χ0) is 10.7. The molecule has 5 nitrogen and oxygen atoms in total. The van der Waals surface area contributed by atoms with Crippen LogP contribution in [0.15, 0.2) is 12.3 Å². The van der Waals surface area contributed by atoms with Gasteiger partial charge in [0.05, 0.1) is 19.3 Å². The minimum Gasteiger partial charge on any atom is -0.377 e. The molecule has 1 aromatic heterocycles. The summed E-state index contributed by atoms with van der Waals surface area (Å²) in [5.74, 6) is -0.0137. The molecule has 0 saturated carbocycles. The molecule has 1 atom stereocenters. The number of carbonyl (C=O) groups is 1. The molecule has 0 bridgehead atoms. The second-order valence-corrected chi connectivity index (χ2v) is 4.00. The molecule has 0 radical (unpaired) electrons. The number of aromatic nitrogens is 2. The van der Waals surface area contributed by atoms with Crippen molar-refractivity contribution in [2.24, 2.45) is 0 Å². The van der Waals surface area contributed by atoms with Crippen molar-refractivity contribution in [3.8, 4) is 0 Å². The zero-order valence-electron chi connectivity index (χ0n) is 8.15. The first kappa shape index (κ1) is 10.6. The fourth-order valence-corrected chi connectivity index (χ4v) is 2.12. The molecule has 0 spiro atoms. The highest BCUT2D eigenvalue weighted by atomic mass is 79.9. The predicted molar refractivity (Wildman–Crippen MR) is 58.0 cm³/mol. The van der Waals surface area contributed by atoms with Crippen molar-refractivity contribution in [1.29, 1.82) is 0 Å². The number of alkyl halides is 1. The Morgan fingerprint density at radius 3 is 3.33 bits per heavy atom. The van der Waals surface area contributed by atoms with Gasteiger partial charge in [-0.25, -0.2) is 0 Å². The molecule has 0 aromatic carbocycles. The monoisotopic (exact) mass is 273 g/mol. The number of amides is 1. The van der Waals surface area contributed by atoms with E-state index < -0.39 is 0 Å². The van der Waals surface area contributed by atoms with Gasteiger partial charge < -0.3 is 9.64 Å². The highest BCUT2D eigenvalue weighted by Gasteiger charge is 2.27. The Kier molecular flexibility index (Phi) is 3.37. The van der Waals surface area contributed by atoms with Gasteiger partial charge in [-0.15, -0.1) is 0 Å². The first-order valence-electron chi connectivity index (χ1n) is 4.77. The second kappa shape index (κ2) is 4.76. The topological polar surface area (TPSA) is 58.2 Å². The van der Waals surface area contributed by atoms with Gasteiger partial charge >= 0.3 is 0 Å². The number of rotatable bonds is 2. The van der Waals surface area contributed by atoms with Gasteiger partial charge in [0.15, 0.2) is 0 Å². The molecule has 1 aliphatic heterocycles. The molecule has 0 aliphatic carbocycles. The number of hydrogen-bond donors (Lipinski definition) is 1. The summed E-state index contributed by atoms with van der Waals surface area (Å²) in [4.78, 5) is 13.8. The van der Waals surface area contributed by atoms with Crippen LogP contribution in [0.3, 0.4) is 0 Å². The Balaban J connectivity index is 2.11. The van der Waals surface area contributed by atoms with E-state index in [0.29, 0.717) is 25.5 Å². The molecule has 1 aliphatic rings. The van der Waals surface area contributed by atoms with Gasteiger partial charge in [0, 0.05) is 18.1 Å². The molecule has 1 N–H and O–H groups in total. The van der Waals surface area contributed by atoms with Crippen LogP contribution in [0.25, 0.3) is 0 Å². The molecular formula is C9H12BrN3O2. The van der Waals surface area contributed by atoms with E-state index in [1.165, 1.54) is 0 Å². The molecule has 1 aromatic rings. The lowest BCUT2D eigenvalue weighted by atomic mass is 10.2. The molecule has 82 valence electrons. The number of H-pyrrole nitrogens is 1. The molecule has 1 fully saturated rings. The SMILES string of the molecule is O=C(c1ccn[nH]1)N1CCOCC1CBr. The maximum absolute atomic E-state index is 12.0. The van der Waals surface area contributed by atoms with Crippen molar-refractivity contribution in [2.45, 2.75) is 6.04 Å². The summed E-state index contributed by atoms with van der Waals surface area (Å²) < 4.78 is 5.32. The quantitative estimate of drug-likeness (QED) is 0.805. The second-order valence-electron chi connectivity index (χ2n) is 3.35. The lowest BCUT2D eigenvalue weighted by Gasteiger charge is -2.34. The Morgan fingerprint density at radius 1 is 1.80 bits per heavy atom. The van der Waals surface area contributed by atoms with Crippen LogP contribution in [0.2, 0.25) is 0 Å². The van der Waals surface area contributed by atoms with Crippen LogP contribution < -0.4 is 0 Å². The van der Waals surface area contributed by atoms with E-state index in [2.05, 4.69) is 26.1 Å². The summed E-state index contributed by atoms with van der Waals surface area (Å²) in [7, 11) is 0. The molecule has 2 heterocycles. The van der Waals surface area contributed by atoms with Crippen LogP contribution in [-0.4, -0.2) is 52.1 Å². The third kappa shape index (κ3) is 2.21. The largest absolute Gasteiger partial charge is 0.377 e. The average Bonchev–Trinajstić information content (AvgIpc) is 2.81. The number of ether oxygens (including phenoxy) is 1. The molecule has 1 unspecified atom stereocenters. The first-order valence-corrected chi connectivity index (χ1v) is 5.89. The van der Waals surface area contributed by atoms with E-state index in [0.717, 1.165) is 5.33 Å². The van der Waals surface area contributed by atoms with Gasteiger partial charge in [-0.1, -0.05) is 15.9 Å². The van der Waals surface area contributed by atoms with Crippen LogP contribution in [0.5, 0.6) is 0 Å². The minimum atomic E-state index is -0.0137. The fraction of sp³-hybridized carbons (Fsp3) is 0.556. The van der Waals surface area contributed by atoms with Crippen molar-refractivity contribution < 1.29 is 9.53 Å². The number of halogens is 1. The number of carbonyl (C=O) groups excluding carboxylic acids is 1. The Morgan fingerprint density at radius 2 is 2.67 bits per heavy atom. The number of hydrogen-bond acceptors (Lipinski definition) is 3. The maximum atomic E-state index is 12.0. The van der Waals surface area contributed by atoms with Crippen molar-refractivity contribution >= 4 is 21.8 Å². The van der Waals surface area contributed by atoms with Crippen molar-refractivity contribution in [3.05, 3.63) is 18.0 Å². The molecule has 15 heavy (non-hydrogen) atoms. The zero-order valence-corrected chi connectivity index (χ0v) is 9.74. The smallest absolute Gasteiger partial charge is 0.272 e. The number of nitrogens with one attached hydrogen (secondary N) is 1. The van der Waals surface area contributed by atoms with E-state index >= 15 is 0 Å². The van der Waals surface area contributed by atoms with Gasteiger partial charge in [0.25, 0.3) is 5.91 Å². The van der Waals surface area contributed by atoms with Gasteiger partial charge in [-0.2, -0.15) is 5.10 Å². The number of nitrogens with zero attached hydrogens (tertiary/aromatic N) is 2. The lowest BCUT2D eigenvalue weighted by molar-refractivity contribution is 0.00492. The van der Waals surface area contributed by atoms with E-state index in [9.17, 15) is 4.79 Å². The van der Waals surface area contributed by atoms with Gasteiger partial charge in [-0.05, 0) is 6.07 Å². The third-order valence-electron chi connectivity index (χ3n) is 2.40. The molecule has 1 saturated heterocycles. The van der Waals surface area contributed by atoms with E-state index in [4.69, 9.17) is 4.74 Å². The average molecular weight is 274 g/mol. The molecule has 1 amide bonds. The first-order chi connectivity index (χ1) is 7.33. The van der Waals surface area contributed by atoms with Crippen molar-refractivity contribution in [3.63, 3.8) is 0 Å². The van der Waals surface area contributed by atoms with Crippen LogP contribution in [0.1, 0.15) is 10.5 Å². The highest BCUT2D eigenvalue weighted by molar-refractivity contribution is 9.09. The van der Waals surface area contributed by atoms with Crippen molar-refractivity contribution in [1.82, 2.24) is 15.1 Å². The van der Waals surface area contributed by atoms with E-state index in [-0.39, 0.29) is 11.9 Å². The number of aromatic amines is 1. The molecule has 2 rings (SSSR count). The van der Waals surface area contributed by atoms with E-state index in [1.54, 1.807) is 12.3 Å². The fourth-order valence-electron chi connectivity index (χ4n) is 1.58. The summed E-state index contributed by atoms with van der Waals surface area (Å²) in [5.41, 5.74) is 0.530. The van der Waals surface area contributed by atoms with Crippen LogP contribution in [0.4, 0.5) is 0 Å². The summed E-state index contributed by atoms with van der Waals surface area (Å²) >= 11 is 3.38. The lowest BCUT2D eigenvalue weighted by Crippen LogP contribution is -2.49. The highest BCUT2D eigenvalue weighted by Crippen LogP contribution is 2.12. The predicted octanol–water partition coefficient (Wildman–Crippen LogP) is 0.646.